The number of hydrogen-bond donors (Lipinski definition) is 1. The molecule has 4 nitrogen and oxygen atoms in total. The summed E-state index contributed by atoms with van der Waals surface area (Å²) in [6.45, 7) is 1.86. The van der Waals surface area contributed by atoms with E-state index in [1.807, 2.05) is 26.2 Å². The third kappa shape index (κ3) is 4.39. The van der Waals surface area contributed by atoms with Crippen LogP contribution >= 0.6 is 0 Å². The topological polar surface area (TPSA) is 52.0 Å². The summed E-state index contributed by atoms with van der Waals surface area (Å²) in [6, 6.07) is 5.75. The Kier molecular flexibility index (Phi) is 5.48. The maximum absolute atomic E-state index is 9.04. The maximum Gasteiger partial charge on any atom is 0.122 e. The lowest BCUT2D eigenvalue weighted by Crippen LogP contribution is -2.24. The predicted octanol–water partition coefficient (Wildman–Crippen LogP) is 1.19. The van der Waals surface area contributed by atoms with Gasteiger partial charge in [-0.25, -0.2) is 0 Å². The van der Waals surface area contributed by atoms with Gasteiger partial charge in [-0.3, -0.25) is 10.3 Å². The second kappa shape index (κ2) is 6.94. The van der Waals surface area contributed by atoms with Crippen molar-refractivity contribution in [3.05, 3.63) is 30.1 Å². The van der Waals surface area contributed by atoms with Gasteiger partial charge in [0, 0.05) is 18.0 Å². The number of pyridine rings is 1. The highest BCUT2D eigenvalue weighted by Gasteiger charge is 2.08. The Morgan fingerprint density at radius 1 is 1.56 bits per heavy atom. The number of hydrogen-bond acceptors (Lipinski definition) is 4. The molecule has 0 amide bonds. The Bertz CT molecular complexity index is 329. The van der Waals surface area contributed by atoms with E-state index in [2.05, 4.69) is 21.3 Å². The molecule has 0 spiro atoms. The summed E-state index contributed by atoms with van der Waals surface area (Å²) in [4.78, 5) is 6.14. The van der Waals surface area contributed by atoms with Gasteiger partial charge in [0.2, 0.25) is 0 Å². The predicted molar refractivity (Wildman–Crippen MR) is 63.8 cm³/mol. The molecule has 1 unspecified atom stereocenters. The zero-order chi connectivity index (χ0) is 11.8. The monoisotopic (exact) mass is 218 g/mol. The van der Waals surface area contributed by atoms with Crippen LogP contribution in [0.15, 0.2) is 24.5 Å². The van der Waals surface area contributed by atoms with Crippen molar-refractivity contribution in [2.45, 2.75) is 12.5 Å². The molecule has 1 aromatic rings. The number of nitriles is 1. The lowest BCUT2D eigenvalue weighted by Gasteiger charge is -2.13. The average molecular weight is 218 g/mol. The molecule has 1 aromatic heterocycles. The van der Waals surface area contributed by atoms with Crippen LogP contribution in [0.2, 0.25) is 0 Å². The Labute approximate surface area is 96.9 Å². The molecule has 16 heavy (non-hydrogen) atoms. The first-order valence-electron chi connectivity index (χ1n) is 5.41. The molecule has 0 aliphatic rings. The first-order valence-corrected chi connectivity index (χ1v) is 5.41. The Morgan fingerprint density at radius 2 is 2.38 bits per heavy atom. The van der Waals surface area contributed by atoms with Crippen molar-refractivity contribution in [2.24, 2.45) is 0 Å². The van der Waals surface area contributed by atoms with Crippen molar-refractivity contribution < 1.29 is 0 Å². The average Bonchev–Trinajstić information content (AvgIpc) is 2.30. The van der Waals surface area contributed by atoms with Crippen LogP contribution in [-0.2, 0) is 0 Å². The molecule has 86 valence electrons. The summed E-state index contributed by atoms with van der Waals surface area (Å²) in [7, 11) is 4.09. The van der Waals surface area contributed by atoms with Crippen LogP contribution in [0.1, 0.15) is 18.0 Å². The van der Waals surface area contributed by atoms with Gasteiger partial charge in [-0.15, -0.1) is 0 Å². The van der Waals surface area contributed by atoms with Crippen molar-refractivity contribution in [2.75, 3.05) is 27.2 Å². The van der Waals surface area contributed by atoms with Gasteiger partial charge in [0.25, 0.3) is 0 Å². The van der Waals surface area contributed by atoms with Crippen LogP contribution in [-0.4, -0.2) is 37.1 Å². The first kappa shape index (κ1) is 12.6. The SMILES string of the molecule is CN(C)CCCNC(C#N)c1cccnc1. The van der Waals surface area contributed by atoms with E-state index in [1.165, 1.54) is 0 Å². The molecule has 1 N–H and O–H groups in total. The van der Waals surface area contributed by atoms with E-state index < -0.39 is 0 Å². The van der Waals surface area contributed by atoms with Crippen LogP contribution in [0.4, 0.5) is 0 Å². The summed E-state index contributed by atoms with van der Waals surface area (Å²) in [5.41, 5.74) is 0.926. The van der Waals surface area contributed by atoms with Crippen LogP contribution in [0.3, 0.4) is 0 Å². The van der Waals surface area contributed by atoms with Crippen molar-refractivity contribution in [3.63, 3.8) is 0 Å². The number of rotatable bonds is 6. The zero-order valence-electron chi connectivity index (χ0n) is 9.85. The molecule has 0 fully saturated rings. The largest absolute Gasteiger partial charge is 0.309 e. The van der Waals surface area contributed by atoms with Crippen molar-refractivity contribution in [1.82, 2.24) is 15.2 Å². The summed E-state index contributed by atoms with van der Waals surface area (Å²) in [5.74, 6) is 0. The van der Waals surface area contributed by atoms with Gasteiger partial charge in [0.1, 0.15) is 6.04 Å². The molecule has 1 atom stereocenters. The van der Waals surface area contributed by atoms with Crippen molar-refractivity contribution in [3.8, 4) is 6.07 Å². The summed E-state index contributed by atoms with van der Waals surface area (Å²) in [5, 5.41) is 12.3. The molecular weight excluding hydrogens is 200 g/mol. The van der Waals surface area contributed by atoms with Crippen LogP contribution in [0.5, 0.6) is 0 Å². The van der Waals surface area contributed by atoms with Gasteiger partial charge in [-0.1, -0.05) is 6.07 Å². The molecule has 0 bridgehead atoms. The third-order valence-electron chi connectivity index (χ3n) is 2.28. The van der Waals surface area contributed by atoms with Crippen LogP contribution < -0.4 is 5.32 Å². The van der Waals surface area contributed by atoms with Crippen molar-refractivity contribution in [1.29, 1.82) is 5.26 Å². The molecule has 0 radical (unpaired) electrons. The highest BCUT2D eigenvalue weighted by atomic mass is 15.1. The van der Waals surface area contributed by atoms with Gasteiger partial charge < -0.3 is 4.90 Å². The Morgan fingerprint density at radius 3 is 2.94 bits per heavy atom. The molecular formula is C12H18N4. The molecule has 0 aliphatic carbocycles. The van der Waals surface area contributed by atoms with Gasteiger partial charge >= 0.3 is 0 Å². The fourth-order valence-corrected chi connectivity index (χ4v) is 1.43. The molecule has 1 rings (SSSR count). The molecule has 0 aliphatic heterocycles. The van der Waals surface area contributed by atoms with Gasteiger partial charge in [-0.05, 0) is 39.7 Å². The zero-order valence-corrected chi connectivity index (χ0v) is 9.85. The second-order valence-electron chi connectivity index (χ2n) is 3.96. The van der Waals surface area contributed by atoms with E-state index in [1.54, 1.807) is 12.4 Å². The summed E-state index contributed by atoms with van der Waals surface area (Å²) >= 11 is 0. The molecule has 0 aromatic carbocycles. The van der Waals surface area contributed by atoms with E-state index in [4.69, 9.17) is 5.26 Å². The summed E-state index contributed by atoms with van der Waals surface area (Å²) < 4.78 is 0. The molecule has 4 heteroatoms. The number of nitrogens with zero attached hydrogens (tertiary/aromatic N) is 3. The highest BCUT2D eigenvalue weighted by molar-refractivity contribution is 5.19. The second-order valence-corrected chi connectivity index (χ2v) is 3.96. The van der Waals surface area contributed by atoms with E-state index in [0.29, 0.717) is 0 Å². The van der Waals surface area contributed by atoms with Crippen molar-refractivity contribution >= 4 is 0 Å². The quantitative estimate of drug-likeness (QED) is 0.729. The van der Waals surface area contributed by atoms with E-state index >= 15 is 0 Å². The highest BCUT2D eigenvalue weighted by Crippen LogP contribution is 2.09. The normalized spacial score (nSPS) is 12.4. The Balaban J connectivity index is 2.37. The van der Waals surface area contributed by atoms with Crippen LogP contribution in [0.25, 0.3) is 0 Å². The number of nitrogens with one attached hydrogen (secondary N) is 1. The van der Waals surface area contributed by atoms with Gasteiger partial charge in [-0.2, -0.15) is 5.26 Å². The van der Waals surface area contributed by atoms with E-state index in [9.17, 15) is 0 Å². The fraction of sp³-hybridized carbons (Fsp3) is 0.500. The smallest absolute Gasteiger partial charge is 0.122 e. The minimum atomic E-state index is -0.254. The van der Waals surface area contributed by atoms with E-state index in [-0.39, 0.29) is 6.04 Å². The molecule has 0 saturated heterocycles. The van der Waals surface area contributed by atoms with Crippen LogP contribution in [0, 0.1) is 11.3 Å². The lowest BCUT2D eigenvalue weighted by molar-refractivity contribution is 0.392. The molecule has 0 saturated carbocycles. The maximum atomic E-state index is 9.04. The number of aromatic nitrogens is 1. The first-order chi connectivity index (χ1) is 7.74. The van der Waals surface area contributed by atoms with E-state index in [0.717, 1.165) is 25.1 Å². The summed E-state index contributed by atoms with van der Waals surface area (Å²) in [6.07, 6.45) is 4.47. The standard InChI is InChI=1S/C12H18N4/c1-16(2)8-4-7-15-12(9-13)11-5-3-6-14-10-11/h3,5-6,10,12,15H,4,7-8H2,1-2H3. The Hall–Kier alpha value is -1.44. The van der Waals surface area contributed by atoms with Gasteiger partial charge in [0.15, 0.2) is 0 Å². The minimum absolute atomic E-state index is 0.254. The third-order valence-corrected chi connectivity index (χ3v) is 2.28. The molecule has 1 heterocycles. The fourth-order valence-electron chi connectivity index (χ4n) is 1.43. The lowest BCUT2D eigenvalue weighted by atomic mass is 10.1. The van der Waals surface area contributed by atoms with Gasteiger partial charge in [0.05, 0.1) is 6.07 Å². The minimum Gasteiger partial charge on any atom is -0.309 e.